The van der Waals surface area contributed by atoms with Gasteiger partial charge in [-0.1, -0.05) is 6.42 Å². The average molecular weight is 304 g/mol. The van der Waals surface area contributed by atoms with Crippen LogP contribution in [0.1, 0.15) is 39.0 Å². The van der Waals surface area contributed by atoms with Gasteiger partial charge >= 0.3 is 5.97 Å². The highest BCUT2D eigenvalue weighted by molar-refractivity contribution is 7.98. The standard InChI is InChI=1S/C13H24N2O4S/c1-10(16)14-8-5-3-4-6-12(17)15-11(13(18)19)7-9-20-2/h11H,3-9H2,1-2H3,(H,14,16)(H,15,17)(H,18,19)/t11-/m0/s1. The molecule has 20 heavy (non-hydrogen) atoms. The molecule has 2 amide bonds. The van der Waals surface area contributed by atoms with E-state index in [1.165, 1.54) is 6.92 Å². The summed E-state index contributed by atoms with van der Waals surface area (Å²) in [6.45, 7) is 2.08. The van der Waals surface area contributed by atoms with E-state index < -0.39 is 12.0 Å². The van der Waals surface area contributed by atoms with E-state index in [-0.39, 0.29) is 11.8 Å². The lowest BCUT2D eigenvalue weighted by Gasteiger charge is -2.13. The third-order valence-corrected chi connectivity index (χ3v) is 3.34. The molecule has 0 radical (unpaired) electrons. The summed E-state index contributed by atoms with van der Waals surface area (Å²) < 4.78 is 0. The molecule has 6 nitrogen and oxygen atoms in total. The maximum Gasteiger partial charge on any atom is 0.326 e. The first-order chi connectivity index (χ1) is 9.47. The number of carboxylic acids is 1. The van der Waals surface area contributed by atoms with Gasteiger partial charge in [-0.2, -0.15) is 11.8 Å². The van der Waals surface area contributed by atoms with E-state index in [0.717, 1.165) is 12.8 Å². The molecule has 0 bridgehead atoms. The fraction of sp³-hybridized carbons (Fsp3) is 0.769. The van der Waals surface area contributed by atoms with Crippen molar-refractivity contribution in [2.24, 2.45) is 0 Å². The normalized spacial score (nSPS) is 11.7. The van der Waals surface area contributed by atoms with Crippen molar-refractivity contribution in [1.82, 2.24) is 10.6 Å². The van der Waals surface area contributed by atoms with Gasteiger partial charge in [0.1, 0.15) is 6.04 Å². The monoisotopic (exact) mass is 304 g/mol. The molecule has 0 aliphatic carbocycles. The summed E-state index contributed by atoms with van der Waals surface area (Å²) in [7, 11) is 0. The number of rotatable bonds is 11. The lowest BCUT2D eigenvalue weighted by atomic mass is 10.1. The third-order valence-electron chi connectivity index (χ3n) is 2.70. The van der Waals surface area contributed by atoms with Crippen LogP contribution in [0.2, 0.25) is 0 Å². The summed E-state index contributed by atoms with van der Waals surface area (Å²) in [6.07, 6.45) is 5.00. The highest BCUT2D eigenvalue weighted by Crippen LogP contribution is 2.03. The first-order valence-corrected chi connectivity index (χ1v) is 8.12. The predicted molar refractivity (Wildman–Crippen MR) is 79.7 cm³/mol. The van der Waals surface area contributed by atoms with Crippen molar-refractivity contribution in [3.63, 3.8) is 0 Å². The number of unbranched alkanes of at least 4 members (excludes halogenated alkanes) is 2. The zero-order valence-electron chi connectivity index (χ0n) is 12.1. The van der Waals surface area contributed by atoms with E-state index in [9.17, 15) is 14.4 Å². The molecule has 0 spiro atoms. The SMILES string of the molecule is CSCC[C@H](NC(=O)CCCCCNC(C)=O)C(=O)O. The van der Waals surface area contributed by atoms with Gasteiger partial charge in [0.25, 0.3) is 0 Å². The Morgan fingerprint density at radius 1 is 1.20 bits per heavy atom. The van der Waals surface area contributed by atoms with Gasteiger partial charge in [0.15, 0.2) is 0 Å². The van der Waals surface area contributed by atoms with Gasteiger partial charge in [-0.3, -0.25) is 9.59 Å². The lowest BCUT2D eigenvalue weighted by molar-refractivity contribution is -0.141. The van der Waals surface area contributed by atoms with Gasteiger partial charge < -0.3 is 15.7 Å². The molecule has 0 saturated carbocycles. The van der Waals surface area contributed by atoms with Gasteiger partial charge in [0.2, 0.25) is 11.8 Å². The Balaban J connectivity index is 3.74. The van der Waals surface area contributed by atoms with Gasteiger partial charge in [-0.15, -0.1) is 0 Å². The van der Waals surface area contributed by atoms with Crippen LogP contribution in [0, 0.1) is 0 Å². The van der Waals surface area contributed by atoms with Gasteiger partial charge in [0, 0.05) is 19.9 Å². The number of carboxylic acid groups (broad SMARTS) is 1. The lowest BCUT2D eigenvalue weighted by Crippen LogP contribution is -2.41. The van der Waals surface area contributed by atoms with Crippen LogP contribution in [0.15, 0.2) is 0 Å². The Morgan fingerprint density at radius 2 is 1.90 bits per heavy atom. The molecule has 0 aromatic heterocycles. The molecular formula is C13H24N2O4S. The Hall–Kier alpha value is -1.24. The number of amides is 2. The highest BCUT2D eigenvalue weighted by atomic mass is 32.2. The average Bonchev–Trinajstić information content (AvgIpc) is 2.37. The first kappa shape index (κ1) is 18.8. The van der Waals surface area contributed by atoms with Crippen molar-refractivity contribution >= 4 is 29.5 Å². The minimum Gasteiger partial charge on any atom is -0.480 e. The van der Waals surface area contributed by atoms with E-state index in [4.69, 9.17) is 5.11 Å². The molecule has 0 aromatic carbocycles. The third kappa shape index (κ3) is 10.7. The van der Waals surface area contributed by atoms with Gasteiger partial charge in [-0.25, -0.2) is 4.79 Å². The summed E-state index contributed by atoms with van der Waals surface area (Å²) in [5.74, 6) is -0.564. The fourth-order valence-electron chi connectivity index (χ4n) is 1.61. The number of carbonyl (C=O) groups is 3. The smallest absolute Gasteiger partial charge is 0.326 e. The molecule has 7 heteroatoms. The maximum absolute atomic E-state index is 11.6. The van der Waals surface area contributed by atoms with Gasteiger partial charge in [0.05, 0.1) is 0 Å². The molecule has 3 N–H and O–H groups in total. The van der Waals surface area contributed by atoms with Crippen molar-refractivity contribution in [2.75, 3.05) is 18.6 Å². The van der Waals surface area contributed by atoms with Crippen molar-refractivity contribution in [3.05, 3.63) is 0 Å². The fourth-order valence-corrected chi connectivity index (χ4v) is 2.08. The van der Waals surface area contributed by atoms with Crippen LogP contribution in [0.4, 0.5) is 0 Å². The Kier molecular flexibility index (Phi) is 10.9. The summed E-state index contributed by atoms with van der Waals surface area (Å²) >= 11 is 1.55. The number of thioether (sulfide) groups is 1. The van der Waals surface area contributed by atoms with Crippen molar-refractivity contribution in [3.8, 4) is 0 Å². The Bertz CT molecular complexity index is 323. The Morgan fingerprint density at radius 3 is 2.45 bits per heavy atom. The second-order valence-corrected chi connectivity index (χ2v) is 5.52. The quantitative estimate of drug-likeness (QED) is 0.495. The van der Waals surface area contributed by atoms with E-state index in [1.807, 2.05) is 6.26 Å². The summed E-state index contributed by atoms with van der Waals surface area (Å²) in [6, 6.07) is -0.797. The number of carbonyl (C=O) groups excluding carboxylic acids is 2. The zero-order valence-corrected chi connectivity index (χ0v) is 12.9. The molecule has 0 aliphatic heterocycles. The molecule has 0 aromatic rings. The predicted octanol–water partition coefficient (Wildman–Crippen LogP) is 1.01. The topological polar surface area (TPSA) is 95.5 Å². The number of hydrogen-bond donors (Lipinski definition) is 3. The molecule has 116 valence electrons. The van der Waals surface area contributed by atoms with Crippen molar-refractivity contribution in [1.29, 1.82) is 0 Å². The van der Waals surface area contributed by atoms with Crippen molar-refractivity contribution < 1.29 is 19.5 Å². The summed E-state index contributed by atoms with van der Waals surface area (Å²) in [5, 5.41) is 14.2. The molecule has 1 atom stereocenters. The molecule has 0 heterocycles. The summed E-state index contributed by atoms with van der Waals surface area (Å²) in [4.78, 5) is 33.2. The van der Waals surface area contributed by atoms with E-state index >= 15 is 0 Å². The van der Waals surface area contributed by atoms with Crippen LogP contribution in [-0.2, 0) is 14.4 Å². The Labute approximate surface area is 124 Å². The van der Waals surface area contributed by atoms with E-state index in [1.54, 1.807) is 11.8 Å². The van der Waals surface area contributed by atoms with E-state index in [0.29, 0.717) is 31.6 Å². The first-order valence-electron chi connectivity index (χ1n) is 6.73. The van der Waals surface area contributed by atoms with Crippen LogP contribution < -0.4 is 10.6 Å². The maximum atomic E-state index is 11.6. The van der Waals surface area contributed by atoms with Gasteiger partial charge in [-0.05, 0) is 31.3 Å². The number of hydrogen-bond acceptors (Lipinski definition) is 4. The van der Waals surface area contributed by atoms with Crippen molar-refractivity contribution in [2.45, 2.75) is 45.1 Å². The van der Waals surface area contributed by atoms with Crippen LogP contribution in [0.25, 0.3) is 0 Å². The molecule has 0 unspecified atom stereocenters. The second-order valence-electron chi connectivity index (χ2n) is 4.53. The highest BCUT2D eigenvalue weighted by Gasteiger charge is 2.18. The number of aliphatic carboxylic acids is 1. The van der Waals surface area contributed by atoms with E-state index in [2.05, 4.69) is 10.6 Å². The van der Waals surface area contributed by atoms with Crippen LogP contribution in [-0.4, -0.2) is 47.5 Å². The summed E-state index contributed by atoms with van der Waals surface area (Å²) in [5.41, 5.74) is 0. The molecule has 0 saturated heterocycles. The largest absolute Gasteiger partial charge is 0.480 e. The molecular weight excluding hydrogens is 280 g/mol. The number of nitrogens with one attached hydrogen (secondary N) is 2. The molecule has 0 rings (SSSR count). The minimum absolute atomic E-state index is 0.0548. The second kappa shape index (κ2) is 11.6. The minimum atomic E-state index is -0.988. The van der Waals surface area contributed by atoms with Crippen LogP contribution >= 0.6 is 11.8 Å². The zero-order chi connectivity index (χ0) is 15.4. The molecule has 0 aliphatic rings. The van der Waals surface area contributed by atoms with Crippen LogP contribution in [0.3, 0.4) is 0 Å². The van der Waals surface area contributed by atoms with Crippen LogP contribution in [0.5, 0.6) is 0 Å². The molecule has 0 fully saturated rings.